The van der Waals surface area contributed by atoms with Crippen LogP contribution in [0.2, 0.25) is 0 Å². The van der Waals surface area contributed by atoms with Crippen LogP contribution in [-0.4, -0.2) is 14.1 Å². The third kappa shape index (κ3) is 7.84. The number of ether oxygens (including phenoxy) is 1. The van der Waals surface area contributed by atoms with Gasteiger partial charge in [0.2, 0.25) is 0 Å². The first kappa shape index (κ1) is 28.4. The van der Waals surface area contributed by atoms with Crippen molar-refractivity contribution < 1.29 is 46.6 Å². The Morgan fingerprint density at radius 1 is 0.615 bits per heavy atom. The number of para-hydroxylation sites is 3. The van der Waals surface area contributed by atoms with E-state index in [1.807, 2.05) is 97.1 Å². The summed E-state index contributed by atoms with van der Waals surface area (Å²) in [7, 11) is 0. The van der Waals surface area contributed by atoms with Gasteiger partial charge in [0.25, 0.3) is 6.33 Å². The molecule has 0 atom stereocenters. The summed E-state index contributed by atoms with van der Waals surface area (Å²) >= 11 is 0. The lowest BCUT2D eigenvalue weighted by Crippen LogP contribution is -2.34. The van der Waals surface area contributed by atoms with Gasteiger partial charge < -0.3 is 9.15 Å². The van der Waals surface area contributed by atoms with E-state index in [9.17, 15) is 12.3 Å². The fraction of sp³-hybridized carbons (Fsp3) is 0.167. The van der Waals surface area contributed by atoms with E-state index in [1.54, 1.807) is 47.2 Å². The van der Waals surface area contributed by atoms with Crippen LogP contribution in [0.1, 0.15) is 111 Å². The highest BCUT2D eigenvalue weighted by Crippen LogP contribution is 2.48. The first-order chi connectivity index (χ1) is 47.6. The van der Waals surface area contributed by atoms with E-state index < -0.39 is 127 Å². The summed E-state index contributed by atoms with van der Waals surface area (Å²) in [5.74, 6) is 1.39. The van der Waals surface area contributed by atoms with Crippen LogP contribution in [0.3, 0.4) is 0 Å². The largest absolute Gasteiger partial charge is 0.458 e. The van der Waals surface area contributed by atoms with E-state index in [2.05, 4.69) is 37.7 Å². The zero-order chi connectivity index (χ0) is 73.6. The topological polar surface area (TPSA) is 49.0 Å². The van der Waals surface area contributed by atoms with Gasteiger partial charge in [-0.15, -0.1) is 0 Å². The SMILES string of the molecule is [2H]c1c([2H])c([2H])c(-c2cccc(-c3c([2H])c([2H])c4c(c3[2H])C(C([2H])([2H])[2H])(C([2H])([2H])[2H])C([2H])([2H])C([2H])([2H])C4(C([2H])([2H])[2H])C([2H])([2H])[2H])c2-[n+]2[c-]n(-c3cccc(Oc4ccc5c6ccccc6n(-c6cc(C(C)(C)C)ccn6)c5c4)c3)c3cc4oc5c(-c6ccccc6)cccc5c4cc32)c([2H])c1[2H]. The molecule has 0 fully saturated rings. The molecule has 380 valence electrons. The molecule has 0 spiro atoms. The number of furan rings is 1. The summed E-state index contributed by atoms with van der Waals surface area (Å²) in [6.45, 7) is -11.1. The Balaban J connectivity index is 1.10. The molecule has 1 aliphatic carbocycles. The van der Waals surface area contributed by atoms with Crippen molar-refractivity contribution in [2.75, 3.05) is 0 Å². The van der Waals surface area contributed by atoms with Crippen molar-refractivity contribution in [3.05, 3.63) is 235 Å². The molecule has 1 aliphatic rings. The minimum absolute atomic E-state index is 0.139. The van der Waals surface area contributed by atoms with Gasteiger partial charge in [-0.1, -0.05) is 188 Å². The van der Waals surface area contributed by atoms with Gasteiger partial charge >= 0.3 is 0 Å². The maximum atomic E-state index is 10.4. The average molecular weight is 1040 g/mol. The highest BCUT2D eigenvalue weighted by atomic mass is 16.5. The number of rotatable bonds is 8. The van der Waals surface area contributed by atoms with Crippen LogP contribution in [0.4, 0.5) is 0 Å². The Morgan fingerprint density at radius 3 is 2.15 bits per heavy atom. The molecule has 0 saturated heterocycles. The molecule has 0 amide bonds. The molecule has 0 saturated carbocycles. The maximum Gasteiger partial charge on any atom is 0.269 e. The second-order valence-corrected chi connectivity index (χ2v) is 20.5. The zero-order valence-corrected chi connectivity index (χ0v) is 42.2. The van der Waals surface area contributed by atoms with Crippen LogP contribution in [0.25, 0.3) is 105 Å². The molecule has 14 rings (SSSR count). The molecule has 6 heteroatoms. The van der Waals surface area contributed by atoms with Gasteiger partial charge in [-0.3, -0.25) is 13.7 Å². The summed E-state index contributed by atoms with van der Waals surface area (Å²) in [4.78, 5) is 4.83. The van der Waals surface area contributed by atoms with Crippen molar-refractivity contribution in [2.24, 2.45) is 0 Å². The van der Waals surface area contributed by atoms with Gasteiger partial charge in [-0.05, 0) is 134 Å². The lowest BCUT2D eigenvalue weighted by atomic mass is 9.63. The van der Waals surface area contributed by atoms with Crippen LogP contribution in [0, 0.1) is 6.33 Å². The molecule has 4 aromatic heterocycles. The fourth-order valence-corrected chi connectivity index (χ4v) is 10.7. The summed E-state index contributed by atoms with van der Waals surface area (Å²) in [5, 5.41) is 2.94. The van der Waals surface area contributed by atoms with Gasteiger partial charge in [0, 0.05) is 61.3 Å². The van der Waals surface area contributed by atoms with Crippen molar-refractivity contribution in [1.82, 2.24) is 14.1 Å². The number of imidazole rings is 1. The van der Waals surface area contributed by atoms with Gasteiger partial charge in [-0.25, -0.2) is 4.98 Å². The first-order valence-corrected chi connectivity index (χ1v) is 25.2. The smallest absolute Gasteiger partial charge is 0.269 e. The molecule has 6 nitrogen and oxygen atoms in total. The minimum Gasteiger partial charge on any atom is -0.458 e. The third-order valence-electron chi connectivity index (χ3n) is 14.5. The Bertz CT molecular complexity index is 5620. The molecular formula is C72H60N4O2. The van der Waals surface area contributed by atoms with Crippen LogP contribution in [0.15, 0.2) is 217 Å². The fourth-order valence-electron chi connectivity index (χ4n) is 10.7. The number of nitrogens with zero attached hydrogens (tertiary/aromatic N) is 4. The summed E-state index contributed by atoms with van der Waals surface area (Å²) in [6, 6.07) is 38.1. The van der Waals surface area contributed by atoms with Crippen molar-refractivity contribution in [3.8, 4) is 62.1 Å². The second kappa shape index (κ2) is 17.8. The Labute approximate surface area is 489 Å². The highest BCUT2D eigenvalue weighted by molar-refractivity contribution is 6.13. The number of benzene rings is 9. The summed E-state index contributed by atoms with van der Waals surface area (Å²) < 4.78 is 240. The zero-order valence-electron chi connectivity index (χ0n) is 66.2. The number of hydrogen-bond acceptors (Lipinski definition) is 3. The van der Waals surface area contributed by atoms with E-state index in [4.69, 9.17) is 34.7 Å². The van der Waals surface area contributed by atoms with E-state index in [-0.39, 0.29) is 33.4 Å². The molecule has 4 heterocycles. The molecule has 13 aromatic rings. The quantitative estimate of drug-likeness (QED) is 0.113. The average Bonchev–Trinajstić information content (AvgIpc) is 0.709. The predicted molar refractivity (Wildman–Crippen MR) is 320 cm³/mol. The van der Waals surface area contributed by atoms with E-state index in [0.717, 1.165) is 32.9 Å². The van der Waals surface area contributed by atoms with Crippen molar-refractivity contribution in [3.63, 3.8) is 0 Å². The molecular weight excluding hydrogens is 953 g/mol. The van der Waals surface area contributed by atoms with Gasteiger partial charge in [0.05, 0.1) is 44.4 Å². The van der Waals surface area contributed by atoms with Gasteiger partial charge in [-0.2, -0.15) is 0 Å². The minimum atomic E-state index is -4.65. The summed E-state index contributed by atoms with van der Waals surface area (Å²) in [6.07, 6.45) is -4.12. The number of hydrogen-bond donors (Lipinski definition) is 0. The molecule has 0 N–H and O–H groups in total. The first-order valence-electron chi connectivity index (χ1n) is 37.2. The monoisotopic (exact) mass is 1040 g/mol. The molecule has 9 aromatic carbocycles. The second-order valence-electron chi connectivity index (χ2n) is 20.5. The number of aromatic nitrogens is 4. The van der Waals surface area contributed by atoms with Crippen LogP contribution >= 0.6 is 0 Å². The normalized spacial score (nSPS) is 20.6. The predicted octanol–water partition coefficient (Wildman–Crippen LogP) is 18.5. The highest BCUT2D eigenvalue weighted by Gasteiger charge is 2.37. The van der Waals surface area contributed by atoms with Crippen molar-refractivity contribution >= 4 is 54.8 Å². The Kier molecular flexibility index (Phi) is 6.48. The number of pyridine rings is 1. The van der Waals surface area contributed by atoms with Crippen molar-refractivity contribution in [1.29, 1.82) is 0 Å². The van der Waals surface area contributed by atoms with Crippen LogP contribution in [-0.2, 0) is 16.2 Å². The van der Waals surface area contributed by atoms with E-state index in [0.29, 0.717) is 44.8 Å². The standard InChI is InChI=1S/C72H60N4O2/c1-70(2,3)49-35-38-73-67(40-49)76-62-30-15-14-25-56(62)57-33-32-52(42-63(57)76)77-51-24-16-23-50(41-51)74-45-75(64-43-59-58-29-18-28-55(47-21-12-9-13-22-47)69(58)78-66(59)44-65(64)74)68-53(46-19-10-8-11-20-46)26-17-27-54(68)48-31-34-60-61(39-48)72(6,7)37-36-71(60,4)5/h8-35,38-44H,36-37H2,1-7H3/i4D3,5D3,6D3,7D3,8D,10D,11D,19D,20D,31D,34D,36D2,37D2,39D. The maximum absolute atomic E-state index is 10.4. The van der Waals surface area contributed by atoms with Crippen molar-refractivity contribution in [2.45, 2.75) is 77.2 Å². The van der Waals surface area contributed by atoms with Crippen LogP contribution in [0.5, 0.6) is 11.5 Å². The Hall–Kier alpha value is -9.00. The molecule has 0 aliphatic heterocycles. The summed E-state index contributed by atoms with van der Waals surface area (Å²) in [5.41, 5.74) is -9.44. The lowest BCUT2D eigenvalue weighted by molar-refractivity contribution is -0.571. The van der Waals surface area contributed by atoms with E-state index in [1.165, 1.54) is 22.8 Å². The van der Waals surface area contributed by atoms with E-state index >= 15 is 0 Å². The molecule has 0 radical (unpaired) electrons. The number of fused-ring (bicyclic) bond motifs is 8. The Morgan fingerprint density at radius 2 is 1.33 bits per heavy atom. The molecule has 0 bridgehead atoms. The van der Waals surface area contributed by atoms with Gasteiger partial charge in [0.1, 0.15) is 28.5 Å². The van der Waals surface area contributed by atoms with Crippen LogP contribution < -0.4 is 9.30 Å². The molecule has 78 heavy (non-hydrogen) atoms. The third-order valence-corrected chi connectivity index (χ3v) is 14.5. The van der Waals surface area contributed by atoms with Gasteiger partial charge in [0.15, 0.2) is 0 Å². The molecule has 0 unspecified atom stereocenters. The lowest BCUT2D eigenvalue weighted by Gasteiger charge is -2.42.